The van der Waals surface area contributed by atoms with E-state index in [-0.39, 0.29) is 30.4 Å². The van der Waals surface area contributed by atoms with Gasteiger partial charge in [-0.2, -0.15) is 5.10 Å². The number of benzene rings is 1. The van der Waals surface area contributed by atoms with Crippen LogP contribution in [0.4, 0.5) is 10.1 Å². The molecule has 1 heterocycles. The molecule has 134 valence electrons. The molecule has 2 aromatic rings. The Kier molecular flexibility index (Phi) is 6.04. The van der Waals surface area contributed by atoms with Gasteiger partial charge in [0.25, 0.3) is 0 Å². The van der Waals surface area contributed by atoms with Crippen LogP contribution in [0.1, 0.15) is 17.8 Å². The zero-order valence-electron chi connectivity index (χ0n) is 13.9. The fraction of sp³-hybridized carbons (Fsp3) is 0.375. The minimum absolute atomic E-state index is 0.0968. The molecule has 0 N–H and O–H groups in total. The fourth-order valence-electron chi connectivity index (χ4n) is 2.24. The third-order valence-electron chi connectivity index (χ3n) is 3.44. The van der Waals surface area contributed by atoms with E-state index in [2.05, 4.69) is 5.10 Å². The Bertz CT molecular complexity index is 758. The highest BCUT2D eigenvalue weighted by atomic mass is 19.1. The lowest BCUT2D eigenvalue weighted by molar-refractivity contribution is -0.386. The van der Waals surface area contributed by atoms with Crippen molar-refractivity contribution < 1.29 is 23.6 Å². The summed E-state index contributed by atoms with van der Waals surface area (Å²) in [6.07, 6.45) is 0.459. The second-order valence-electron chi connectivity index (χ2n) is 5.31. The van der Waals surface area contributed by atoms with Crippen LogP contribution in [0.3, 0.4) is 0 Å². The molecular formula is C16H18FN3O5. The van der Waals surface area contributed by atoms with Crippen molar-refractivity contribution in [2.24, 2.45) is 0 Å². The topological polar surface area (TPSA) is 96.5 Å². The first-order chi connectivity index (χ1) is 11.9. The van der Waals surface area contributed by atoms with Crippen molar-refractivity contribution in [2.75, 3.05) is 13.2 Å². The van der Waals surface area contributed by atoms with Gasteiger partial charge in [0.15, 0.2) is 0 Å². The average molecular weight is 351 g/mol. The number of carbonyl (C=O) groups excluding carboxylic acids is 1. The first-order valence-corrected chi connectivity index (χ1v) is 7.61. The Labute approximate surface area is 143 Å². The average Bonchev–Trinajstić information content (AvgIpc) is 2.82. The Morgan fingerprint density at radius 1 is 1.28 bits per heavy atom. The van der Waals surface area contributed by atoms with Crippen LogP contribution in [-0.4, -0.2) is 33.9 Å². The smallest absolute Gasteiger partial charge is 0.327 e. The van der Waals surface area contributed by atoms with Gasteiger partial charge in [0.05, 0.1) is 18.1 Å². The molecule has 2 rings (SSSR count). The summed E-state index contributed by atoms with van der Waals surface area (Å²) in [7, 11) is 0. The highest BCUT2D eigenvalue weighted by Gasteiger charge is 2.22. The molecule has 0 amide bonds. The second-order valence-corrected chi connectivity index (χ2v) is 5.31. The summed E-state index contributed by atoms with van der Waals surface area (Å²) < 4.78 is 24.4. The van der Waals surface area contributed by atoms with E-state index >= 15 is 0 Å². The van der Waals surface area contributed by atoms with Gasteiger partial charge in [0, 0.05) is 6.42 Å². The monoisotopic (exact) mass is 351 g/mol. The molecule has 9 heteroatoms. The van der Waals surface area contributed by atoms with E-state index in [1.807, 2.05) is 0 Å². The maximum atomic E-state index is 12.7. The molecule has 1 aromatic carbocycles. The molecule has 0 radical (unpaired) electrons. The van der Waals surface area contributed by atoms with Crippen LogP contribution < -0.4 is 4.74 Å². The van der Waals surface area contributed by atoms with E-state index in [0.29, 0.717) is 24.5 Å². The van der Waals surface area contributed by atoms with Crippen molar-refractivity contribution in [1.82, 2.24) is 9.78 Å². The van der Waals surface area contributed by atoms with Crippen molar-refractivity contribution in [1.29, 1.82) is 0 Å². The number of halogens is 1. The van der Waals surface area contributed by atoms with Crippen LogP contribution in [0.2, 0.25) is 0 Å². The number of esters is 1. The Morgan fingerprint density at radius 2 is 1.96 bits per heavy atom. The first kappa shape index (κ1) is 18.4. The number of nitrogens with zero attached hydrogens (tertiary/aromatic N) is 3. The number of carbonyl (C=O) groups is 1. The number of hydrogen-bond donors (Lipinski definition) is 0. The van der Waals surface area contributed by atoms with Gasteiger partial charge < -0.3 is 9.47 Å². The van der Waals surface area contributed by atoms with Crippen molar-refractivity contribution in [3.63, 3.8) is 0 Å². The largest absolute Gasteiger partial charge is 0.493 e. The number of aromatic nitrogens is 2. The summed E-state index contributed by atoms with van der Waals surface area (Å²) in [6, 6.07) is 5.61. The van der Waals surface area contributed by atoms with Gasteiger partial charge in [-0.15, -0.1) is 0 Å². The third kappa shape index (κ3) is 5.00. The highest BCUT2D eigenvalue weighted by molar-refractivity contribution is 5.69. The molecule has 0 bridgehead atoms. The Balaban J connectivity index is 1.73. The summed E-state index contributed by atoms with van der Waals surface area (Å²) >= 11 is 0. The molecule has 25 heavy (non-hydrogen) atoms. The normalized spacial score (nSPS) is 10.5. The summed E-state index contributed by atoms with van der Waals surface area (Å²) in [4.78, 5) is 22.2. The van der Waals surface area contributed by atoms with Gasteiger partial charge in [0.1, 0.15) is 29.5 Å². The van der Waals surface area contributed by atoms with Gasteiger partial charge in [-0.3, -0.25) is 19.6 Å². The Hall–Kier alpha value is -2.97. The van der Waals surface area contributed by atoms with E-state index in [4.69, 9.17) is 9.47 Å². The number of rotatable bonds is 8. The summed E-state index contributed by atoms with van der Waals surface area (Å²) in [5, 5.41) is 14.9. The molecule has 0 unspecified atom stereocenters. The summed E-state index contributed by atoms with van der Waals surface area (Å²) in [5.41, 5.74) is 0.461. The lowest BCUT2D eigenvalue weighted by atomic mass is 10.3. The number of nitro groups is 1. The van der Waals surface area contributed by atoms with E-state index in [9.17, 15) is 19.3 Å². The third-order valence-corrected chi connectivity index (χ3v) is 3.44. The maximum absolute atomic E-state index is 12.7. The molecule has 0 saturated carbocycles. The standard InChI is InChI=1S/C16H18FN3O5/c1-11-16(20(22)23)12(2)19(18-11)10-15(21)25-9-3-8-24-14-6-4-13(17)5-7-14/h4-7H,3,8-10H2,1-2H3. The first-order valence-electron chi connectivity index (χ1n) is 7.61. The molecule has 0 aliphatic heterocycles. The SMILES string of the molecule is Cc1nn(CC(=O)OCCCOc2ccc(F)cc2)c(C)c1[N+](=O)[O-]. The summed E-state index contributed by atoms with van der Waals surface area (Å²) in [6.45, 7) is 3.30. The minimum Gasteiger partial charge on any atom is -0.493 e. The minimum atomic E-state index is -0.540. The molecule has 8 nitrogen and oxygen atoms in total. The van der Waals surface area contributed by atoms with Gasteiger partial charge in [-0.05, 0) is 38.1 Å². The molecule has 0 aliphatic rings. The molecule has 0 fully saturated rings. The predicted octanol–water partition coefficient (Wildman–Crippen LogP) is 2.56. The number of aryl methyl sites for hydroxylation is 1. The second kappa shape index (κ2) is 8.22. The quantitative estimate of drug-likeness (QED) is 0.314. The van der Waals surface area contributed by atoms with E-state index in [1.165, 1.54) is 42.8 Å². The van der Waals surface area contributed by atoms with Crippen molar-refractivity contribution in [2.45, 2.75) is 26.8 Å². The molecule has 1 aromatic heterocycles. The van der Waals surface area contributed by atoms with Crippen LogP contribution in [0.5, 0.6) is 5.75 Å². The lowest BCUT2D eigenvalue weighted by Crippen LogP contribution is -2.17. The van der Waals surface area contributed by atoms with Gasteiger partial charge in [-0.1, -0.05) is 0 Å². The van der Waals surface area contributed by atoms with E-state index in [0.717, 1.165) is 0 Å². The van der Waals surface area contributed by atoms with Crippen molar-refractivity contribution in [3.05, 3.63) is 51.6 Å². The zero-order valence-corrected chi connectivity index (χ0v) is 13.9. The van der Waals surface area contributed by atoms with Crippen LogP contribution in [0, 0.1) is 29.8 Å². The van der Waals surface area contributed by atoms with E-state index in [1.54, 1.807) is 0 Å². The van der Waals surface area contributed by atoms with Gasteiger partial charge in [0.2, 0.25) is 0 Å². The van der Waals surface area contributed by atoms with Crippen LogP contribution >= 0.6 is 0 Å². The molecular weight excluding hydrogens is 333 g/mol. The molecule has 0 aliphatic carbocycles. The van der Waals surface area contributed by atoms with Crippen LogP contribution in [-0.2, 0) is 16.1 Å². The van der Waals surface area contributed by atoms with Crippen LogP contribution in [0.25, 0.3) is 0 Å². The number of hydrogen-bond acceptors (Lipinski definition) is 6. The summed E-state index contributed by atoms with van der Waals surface area (Å²) in [5.74, 6) is -0.351. The van der Waals surface area contributed by atoms with Crippen LogP contribution in [0.15, 0.2) is 24.3 Å². The Morgan fingerprint density at radius 3 is 2.56 bits per heavy atom. The number of ether oxygens (including phenoxy) is 2. The van der Waals surface area contributed by atoms with Gasteiger partial charge >= 0.3 is 11.7 Å². The molecule has 0 atom stereocenters. The fourth-order valence-corrected chi connectivity index (χ4v) is 2.24. The molecule has 0 spiro atoms. The lowest BCUT2D eigenvalue weighted by Gasteiger charge is -2.07. The van der Waals surface area contributed by atoms with Crippen molar-refractivity contribution in [3.8, 4) is 5.75 Å². The zero-order chi connectivity index (χ0) is 18.4. The van der Waals surface area contributed by atoms with Gasteiger partial charge in [-0.25, -0.2) is 4.39 Å². The highest BCUT2D eigenvalue weighted by Crippen LogP contribution is 2.21. The van der Waals surface area contributed by atoms with E-state index < -0.39 is 10.9 Å². The molecule has 0 saturated heterocycles. The maximum Gasteiger partial charge on any atom is 0.327 e. The predicted molar refractivity (Wildman–Crippen MR) is 85.8 cm³/mol. The van der Waals surface area contributed by atoms with Crippen molar-refractivity contribution >= 4 is 11.7 Å².